The molecule has 0 amide bonds. The van der Waals surface area contributed by atoms with Crippen LogP contribution in [0.1, 0.15) is 120 Å². The van der Waals surface area contributed by atoms with E-state index in [9.17, 15) is 25.2 Å². The lowest BCUT2D eigenvalue weighted by molar-refractivity contribution is -0.204. The predicted molar refractivity (Wildman–Crippen MR) is 156 cm³/mol. The lowest BCUT2D eigenvalue weighted by Crippen LogP contribution is -2.62. The number of aliphatic hydroxyl groups is 3. The first-order valence-electron chi connectivity index (χ1n) is 16.3. The zero-order valence-corrected chi connectivity index (χ0v) is 25.1. The van der Waals surface area contributed by atoms with Gasteiger partial charge in [0, 0.05) is 0 Å². The smallest absolute Gasteiger partial charge is 0.335 e. The minimum absolute atomic E-state index is 0.109. The molecule has 0 aliphatic heterocycles. The second kappa shape index (κ2) is 10.1. The predicted octanol–water partition coefficient (Wildman–Crippen LogP) is 6.65. The normalized spacial score (nSPS) is 48.8. The van der Waals surface area contributed by atoms with Crippen LogP contribution in [0.4, 0.5) is 0 Å². The van der Waals surface area contributed by atoms with Crippen LogP contribution in [0.3, 0.4) is 0 Å². The van der Waals surface area contributed by atoms with Gasteiger partial charge in [0.15, 0.2) is 0 Å². The van der Waals surface area contributed by atoms with E-state index in [0.29, 0.717) is 53.9 Å². The standard InChI is InChI=1S/C35H52O5/c1-5-23-29-16-22(36)12-14-34(29,4)28-13-15-33(3)26(10-11-27(33)30(28)31(23)37)20(2)17-35(40)18-21(19-35)24-8-6-7-9-25(24)32(38)39/h6-9,20-23,26-31,36-37,40H,5,10-19H2,1-4H3,(H,38,39)/t20-,21?,22-,23-,26?,27?,28?,29?,30?,31-,33-,34-,35?/m1/s1. The van der Waals surface area contributed by atoms with E-state index in [2.05, 4.69) is 27.7 Å². The van der Waals surface area contributed by atoms with Crippen molar-refractivity contribution in [2.24, 2.45) is 52.3 Å². The van der Waals surface area contributed by atoms with E-state index in [1.54, 1.807) is 12.1 Å². The third kappa shape index (κ3) is 4.31. The lowest BCUT2D eigenvalue weighted by Gasteiger charge is -2.64. The summed E-state index contributed by atoms with van der Waals surface area (Å²) in [7, 11) is 0. The molecule has 5 fully saturated rings. The molecule has 0 aromatic heterocycles. The van der Waals surface area contributed by atoms with Crippen LogP contribution >= 0.6 is 0 Å². The molecule has 5 heteroatoms. The van der Waals surface area contributed by atoms with Gasteiger partial charge in [-0.15, -0.1) is 0 Å². The van der Waals surface area contributed by atoms with E-state index in [-0.39, 0.29) is 34.9 Å². The number of hydrogen-bond acceptors (Lipinski definition) is 4. The largest absolute Gasteiger partial charge is 0.478 e. The summed E-state index contributed by atoms with van der Waals surface area (Å²) in [5, 5.41) is 43.7. The summed E-state index contributed by atoms with van der Waals surface area (Å²) in [6, 6.07) is 7.26. The van der Waals surface area contributed by atoms with Crippen LogP contribution in [0, 0.1) is 52.3 Å². The zero-order valence-electron chi connectivity index (χ0n) is 25.1. The van der Waals surface area contributed by atoms with Gasteiger partial charge in [-0.2, -0.15) is 0 Å². The van der Waals surface area contributed by atoms with Crippen molar-refractivity contribution in [1.29, 1.82) is 0 Å². The topological polar surface area (TPSA) is 98.0 Å². The summed E-state index contributed by atoms with van der Waals surface area (Å²) in [5.74, 6) is 2.27. The second-order valence-corrected chi connectivity index (χ2v) is 15.5. The van der Waals surface area contributed by atoms with Crippen molar-refractivity contribution in [3.8, 4) is 0 Å². The van der Waals surface area contributed by atoms with Crippen molar-refractivity contribution in [3.05, 3.63) is 35.4 Å². The Bertz CT molecular complexity index is 1110. The van der Waals surface area contributed by atoms with E-state index in [1.165, 1.54) is 25.7 Å². The van der Waals surface area contributed by atoms with Crippen molar-refractivity contribution in [3.63, 3.8) is 0 Å². The number of aliphatic hydroxyl groups excluding tert-OH is 2. The number of aromatic carboxylic acids is 1. The molecule has 4 N–H and O–H groups in total. The molecule has 11 atom stereocenters. The van der Waals surface area contributed by atoms with Crippen molar-refractivity contribution in [1.82, 2.24) is 0 Å². The highest BCUT2D eigenvalue weighted by Gasteiger charge is 2.65. The molecule has 5 aliphatic rings. The van der Waals surface area contributed by atoms with Crippen molar-refractivity contribution in [2.45, 2.75) is 122 Å². The lowest BCUT2D eigenvalue weighted by atomic mass is 9.41. The SMILES string of the molecule is CC[C@@H]1C2C[C@H](O)CC[C@]2(C)C2CC[C@@]3(C)C(CCC3[C@H](C)CC3(O)CC(c4ccccc4C(=O)O)C3)C2[C@@H]1O. The zero-order chi connectivity index (χ0) is 28.6. The minimum Gasteiger partial charge on any atom is -0.478 e. The maximum atomic E-state index is 12.0. The van der Waals surface area contributed by atoms with Crippen LogP contribution < -0.4 is 0 Å². The van der Waals surface area contributed by atoms with Crippen LogP contribution in [0.25, 0.3) is 0 Å². The fourth-order valence-electron chi connectivity index (χ4n) is 12.0. The van der Waals surface area contributed by atoms with Crippen LogP contribution in [0.15, 0.2) is 24.3 Å². The van der Waals surface area contributed by atoms with Gasteiger partial charge in [0.25, 0.3) is 0 Å². The van der Waals surface area contributed by atoms with Gasteiger partial charge in [-0.1, -0.05) is 52.3 Å². The molecule has 1 aromatic rings. The second-order valence-electron chi connectivity index (χ2n) is 15.5. The van der Waals surface area contributed by atoms with Crippen molar-refractivity contribution >= 4 is 5.97 Å². The van der Waals surface area contributed by atoms with Crippen LogP contribution in [-0.4, -0.2) is 44.2 Å². The fourth-order valence-corrected chi connectivity index (χ4v) is 12.0. The quantitative estimate of drug-likeness (QED) is 0.317. The van der Waals surface area contributed by atoms with E-state index in [4.69, 9.17) is 0 Å². The molecule has 0 spiro atoms. The summed E-state index contributed by atoms with van der Waals surface area (Å²) in [5.41, 5.74) is 0.912. The van der Waals surface area contributed by atoms with Gasteiger partial charge >= 0.3 is 5.97 Å². The monoisotopic (exact) mass is 552 g/mol. The number of carbonyl (C=O) groups is 1. The van der Waals surface area contributed by atoms with Gasteiger partial charge < -0.3 is 20.4 Å². The van der Waals surface area contributed by atoms with Gasteiger partial charge in [-0.3, -0.25) is 0 Å². The summed E-state index contributed by atoms with van der Waals surface area (Å²) >= 11 is 0. The fraction of sp³-hybridized carbons (Fsp3) is 0.800. The molecular formula is C35H52O5. The number of hydrogen-bond donors (Lipinski definition) is 4. The third-order valence-corrected chi connectivity index (χ3v) is 13.7. The molecule has 40 heavy (non-hydrogen) atoms. The summed E-state index contributed by atoms with van der Waals surface area (Å²) < 4.78 is 0. The van der Waals surface area contributed by atoms with E-state index >= 15 is 0 Å². The number of benzene rings is 1. The van der Waals surface area contributed by atoms with Crippen LogP contribution in [0.5, 0.6) is 0 Å². The van der Waals surface area contributed by atoms with Crippen molar-refractivity contribution < 1.29 is 25.2 Å². The van der Waals surface area contributed by atoms with Crippen molar-refractivity contribution in [2.75, 3.05) is 0 Å². The van der Waals surface area contributed by atoms with Gasteiger partial charge in [0.1, 0.15) is 0 Å². The maximum absolute atomic E-state index is 12.0. The third-order valence-electron chi connectivity index (χ3n) is 13.7. The summed E-state index contributed by atoms with van der Waals surface area (Å²) in [6.45, 7) is 9.58. The Balaban J connectivity index is 1.17. The molecule has 5 unspecified atom stereocenters. The van der Waals surface area contributed by atoms with Gasteiger partial charge in [0.2, 0.25) is 0 Å². The van der Waals surface area contributed by atoms with E-state index in [1.807, 2.05) is 12.1 Å². The number of rotatable bonds is 6. The van der Waals surface area contributed by atoms with Gasteiger partial charge in [-0.25, -0.2) is 4.79 Å². The Kier molecular flexibility index (Phi) is 7.23. The van der Waals surface area contributed by atoms with Gasteiger partial charge in [-0.05, 0) is 134 Å². The summed E-state index contributed by atoms with van der Waals surface area (Å²) in [6.07, 6.45) is 10.1. The van der Waals surface area contributed by atoms with Crippen LogP contribution in [0.2, 0.25) is 0 Å². The molecule has 222 valence electrons. The molecule has 0 heterocycles. The average molecular weight is 553 g/mol. The maximum Gasteiger partial charge on any atom is 0.335 e. The highest BCUT2D eigenvalue weighted by atomic mass is 16.4. The molecule has 0 bridgehead atoms. The summed E-state index contributed by atoms with van der Waals surface area (Å²) in [4.78, 5) is 11.7. The molecule has 5 nitrogen and oxygen atoms in total. The Morgan fingerprint density at radius 2 is 1.65 bits per heavy atom. The highest BCUT2D eigenvalue weighted by Crippen LogP contribution is 2.70. The van der Waals surface area contributed by atoms with E-state index < -0.39 is 11.6 Å². The minimum atomic E-state index is -0.889. The van der Waals surface area contributed by atoms with E-state index in [0.717, 1.165) is 37.7 Å². The number of carboxylic acid groups (broad SMARTS) is 1. The Morgan fingerprint density at radius 1 is 0.975 bits per heavy atom. The molecular weight excluding hydrogens is 500 g/mol. The van der Waals surface area contributed by atoms with Gasteiger partial charge in [0.05, 0.1) is 23.4 Å². The molecule has 0 saturated heterocycles. The Morgan fingerprint density at radius 3 is 2.35 bits per heavy atom. The van der Waals surface area contributed by atoms with Crippen LogP contribution in [-0.2, 0) is 0 Å². The molecule has 1 aromatic carbocycles. The number of carboxylic acids is 1. The molecule has 5 aliphatic carbocycles. The number of fused-ring (bicyclic) bond motifs is 5. The average Bonchev–Trinajstić information content (AvgIpc) is 3.25. The highest BCUT2D eigenvalue weighted by molar-refractivity contribution is 5.89. The molecule has 0 radical (unpaired) electrons. The Labute approximate surface area is 240 Å². The molecule has 5 saturated carbocycles. The Hall–Kier alpha value is -1.43. The molecule has 6 rings (SSSR count). The first-order valence-corrected chi connectivity index (χ1v) is 16.3. The first-order chi connectivity index (χ1) is 18.9. The first kappa shape index (κ1) is 28.7.